The molecule has 2 saturated heterocycles. The molecule has 1 unspecified atom stereocenters. The average Bonchev–Trinajstić information content (AvgIpc) is 3.49. The van der Waals surface area contributed by atoms with E-state index in [0.717, 1.165) is 24.9 Å². The van der Waals surface area contributed by atoms with Gasteiger partial charge in [0.1, 0.15) is 0 Å². The van der Waals surface area contributed by atoms with Crippen molar-refractivity contribution in [3.05, 3.63) is 29.8 Å². The molecule has 0 radical (unpaired) electrons. The van der Waals surface area contributed by atoms with E-state index in [4.69, 9.17) is 0 Å². The Kier molecular flexibility index (Phi) is 4.89. The van der Waals surface area contributed by atoms with Crippen molar-refractivity contribution >= 4 is 23.4 Å². The van der Waals surface area contributed by atoms with Crippen LogP contribution in [0.2, 0.25) is 0 Å². The number of carbonyl (C=O) groups is 3. The molecule has 3 aliphatic rings. The molecule has 1 aromatic rings. The molecule has 27 heavy (non-hydrogen) atoms. The van der Waals surface area contributed by atoms with Gasteiger partial charge in [-0.25, -0.2) is 0 Å². The first-order valence-corrected chi connectivity index (χ1v) is 10.0. The number of carbonyl (C=O) groups excluding carboxylic acids is 3. The lowest BCUT2D eigenvalue weighted by Crippen LogP contribution is -2.52. The summed E-state index contributed by atoms with van der Waals surface area (Å²) in [6, 6.07) is 8.00. The van der Waals surface area contributed by atoms with Crippen molar-refractivity contribution < 1.29 is 14.4 Å². The summed E-state index contributed by atoms with van der Waals surface area (Å²) in [5.41, 5.74) is 2.10. The Hall–Kier alpha value is -2.37. The van der Waals surface area contributed by atoms with Crippen LogP contribution in [0, 0.1) is 11.8 Å². The maximum atomic E-state index is 12.9. The quantitative estimate of drug-likeness (QED) is 0.811. The second-order valence-electron chi connectivity index (χ2n) is 7.85. The van der Waals surface area contributed by atoms with Crippen LogP contribution in [0.4, 0.5) is 5.69 Å². The minimum Gasteiger partial charge on any atom is -0.339 e. The van der Waals surface area contributed by atoms with Gasteiger partial charge in [0.15, 0.2) is 0 Å². The molecule has 3 fully saturated rings. The fraction of sp³-hybridized carbons (Fsp3) is 0.571. The zero-order chi connectivity index (χ0) is 19.0. The van der Waals surface area contributed by atoms with Gasteiger partial charge in [0.05, 0.1) is 5.92 Å². The smallest absolute Gasteiger partial charge is 0.228 e. The monoisotopic (exact) mass is 369 g/mol. The summed E-state index contributed by atoms with van der Waals surface area (Å²) < 4.78 is 0. The topological polar surface area (TPSA) is 60.9 Å². The summed E-state index contributed by atoms with van der Waals surface area (Å²) in [7, 11) is 0. The molecule has 2 aliphatic heterocycles. The van der Waals surface area contributed by atoms with Crippen molar-refractivity contribution in [2.45, 2.75) is 32.6 Å². The van der Waals surface area contributed by atoms with E-state index < -0.39 is 0 Å². The highest BCUT2D eigenvalue weighted by Crippen LogP contribution is 2.31. The first-order valence-electron chi connectivity index (χ1n) is 10.0. The fourth-order valence-electron chi connectivity index (χ4n) is 4.03. The van der Waals surface area contributed by atoms with Crippen LogP contribution in [0.5, 0.6) is 0 Å². The summed E-state index contributed by atoms with van der Waals surface area (Å²) in [4.78, 5) is 42.9. The van der Waals surface area contributed by atoms with E-state index >= 15 is 0 Å². The Balaban J connectivity index is 1.34. The van der Waals surface area contributed by atoms with Gasteiger partial charge >= 0.3 is 0 Å². The Morgan fingerprint density at radius 2 is 1.48 bits per heavy atom. The number of hydrogen-bond donors (Lipinski definition) is 0. The molecule has 1 aliphatic carbocycles. The van der Waals surface area contributed by atoms with Crippen LogP contribution in [-0.4, -0.2) is 60.2 Å². The third kappa shape index (κ3) is 3.70. The number of amides is 3. The van der Waals surface area contributed by atoms with E-state index in [0.29, 0.717) is 32.7 Å². The van der Waals surface area contributed by atoms with Crippen molar-refractivity contribution in [3.8, 4) is 0 Å². The molecule has 0 N–H and O–H groups in total. The van der Waals surface area contributed by atoms with E-state index in [-0.39, 0.29) is 36.0 Å². The minimum atomic E-state index is -0.283. The second-order valence-corrected chi connectivity index (χ2v) is 7.85. The van der Waals surface area contributed by atoms with Crippen molar-refractivity contribution in [1.29, 1.82) is 0 Å². The van der Waals surface area contributed by atoms with Gasteiger partial charge in [0, 0.05) is 50.7 Å². The van der Waals surface area contributed by atoms with E-state index in [1.165, 1.54) is 5.56 Å². The summed E-state index contributed by atoms with van der Waals surface area (Å²) in [6.45, 7) is 4.93. The lowest BCUT2D eigenvalue weighted by Gasteiger charge is -2.36. The molecule has 3 amide bonds. The highest BCUT2D eigenvalue weighted by atomic mass is 16.2. The predicted octanol–water partition coefficient (Wildman–Crippen LogP) is 1.68. The van der Waals surface area contributed by atoms with Crippen LogP contribution >= 0.6 is 0 Å². The van der Waals surface area contributed by atoms with E-state index in [2.05, 4.69) is 6.92 Å². The zero-order valence-corrected chi connectivity index (χ0v) is 15.9. The molecular formula is C21H27N3O3. The zero-order valence-electron chi connectivity index (χ0n) is 15.9. The number of piperazine rings is 1. The Morgan fingerprint density at radius 1 is 0.926 bits per heavy atom. The van der Waals surface area contributed by atoms with Gasteiger partial charge in [-0.3, -0.25) is 14.4 Å². The normalized spacial score (nSPS) is 23.1. The third-order valence-corrected chi connectivity index (χ3v) is 5.96. The number of aryl methyl sites for hydroxylation is 1. The Labute approximate surface area is 160 Å². The molecule has 0 bridgehead atoms. The van der Waals surface area contributed by atoms with Crippen LogP contribution in [0.25, 0.3) is 0 Å². The minimum absolute atomic E-state index is 0.0140. The molecule has 1 atom stereocenters. The van der Waals surface area contributed by atoms with Crippen LogP contribution in [0.15, 0.2) is 24.3 Å². The van der Waals surface area contributed by atoms with Gasteiger partial charge < -0.3 is 14.7 Å². The number of benzene rings is 1. The highest BCUT2D eigenvalue weighted by Gasteiger charge is 2.39. The second kappa shape index (κ2) is 7.33. The molecule has 0 spiro atoms. The number of rotatable bonds is 4. The first kappa shape index (κ1) is 18.0. The van der Waals surface area contributed by atoms with Gasteiger partial charge in [0.2, 0.25) is 17.7 Å². The van der Waals surface area contributed by atoms with Crippen LogP contribution in [0.1, 0.15) is 31.7 Å². The largest absolute Gasteiger partial charge is 0.339 e. The molecule has 6 nitrogen and oxygen atoms in total. The Bertz CT molecular complexity index is 734. The number of anilines is 1. The third-order valence-electron chi connectivity index (χ3n) is 5.96. The van der Waals surface area contributed by atoms with Gasteiger partial charge in [-0.05, 0) is 37.0 Å². The SMILES string of the molecule is CCc1ccc(N2CC(C(=O)N3CCN(C(=O)C4CC4)CC3)CC2=O)cc1. The fourth-order valence-corrected chi connectivity index (χ4v) is 4.03. The Morgan fingerprint density at radius 3 is 2.00 bits per heavy atom. The molecule has 1 aromatic carbocycles. The maximum Gasteiger partial charge on any atom is 0.228 e. The van der Waals surface area contributed by atoms with Crippen LogP contribution < -0.4 is 4.90 Å². The lowest BCUT2D eigenvalue weighted by atomic mass is 10.1. The summed E-state index contributed by atoms with van der Waals surface area (Å²) >= 11 is 0. The van der Waals surface area contributed by atoms with Crippen LogP contribution in [0.3, 0.4) is 0 Å². The molecule has 6 heteroatoms. The highest BCUT2D eigenvalue weighted by molar-refractivity contribution is 6.00. The van der Waals surface area contributed by atoms with Gasteiger partial charge in [-0.1, -0.05) is 19.1 Å². The van der Waals surface area contributed by atoms with Gasteiger partial charge in [-0.15, -0.1) is 0 Å². The molecule has 4 rings (SSSR count). The van der Waals surface area contributed by atoms with Gasteiger partial charge in [-0.2, -0.15) is 0 Å². The molecule has 2 heterocycles. The van der Waals surface area contributed by atoms with E-state index in [1.807, 2.05) is 34.1 Å². The predicted molar refractivity (Wildman–Crippen MR) is 102 cm³/mol. The van der Waals surface area contributed by atoms with Crippen molar-refractivity contribution in [1.82, 2.24) is 9.80 Å². The van der Waals surface area contributed by atoms with Crippen LogP contribution in [-0.2, 0) is 20.8 Å². The summed E-state index contributed by atoms with van der Waals surface area (Å²) in [6.07, 6.45) is 3.26. The van der Waals surface area contributed by atoms with E-state index in [9.17, 15) is 14.4 Å². The number of hydrogen-bond acceptors (Lipinski definition) is 3. The molecule has 0 aromatic heterocycles. The van der Waals surface area contributed by atoms with Gasteiger partial charge in [0.25, 0.3) is 0 Å². The van der Waals surface area contributed by atoms with E-state index in [1.54, 1.807) is 4.90 Å². The number of nitrogens with zero attached hydrogens (tertiary/aromatic N) is 3. The molecule has 1 saturated carbocycles. The standard InChI is InChI=1S/C21H27N3O3/c1-2-15-3-7-18(8-4-15)24-14-17(13-19(24)25)21(27)23-11-9-22(10-12-23)20(26)16-5-6-16/h3-4,7-8,16-17H,2,5-6,9-14H2,1H3. The maximum absolute atomic E-state index is 12.9. The summed E-state index contributed by atoms with van der Waals surface area (Å²) in [5, 5.41) is 0. The molecular weight excluding hydrogens is 342 g/mol. The van der Waals surface area contributed by atoms with Crippen molar-refractivity contribution in [2.75, 3.05) is 37.6 Å². The average molecular weight is 369 g/mol. The first-order chi connectivity index (χ1) is 13.1. The van der Waals surface area contributed by atoms with Crippen molar-refractivity contribution in [3.63, 3.8) is 0 Å². The van der Waals surface area contributed by atoms with Crippen molar-refractivity contribution in [2.24, 2.45) is 11.8 Å². The molecule has 144 valence electrons. The summed E-state index contributed by atoms with van der Waals surface area (Å²) in [5.74, 6) is 0.260. The lowest BCUT2D eigenvalue weighted by molar-refractivity contribution is -0.142.